The van der Waals surface area contributed by atoms with Crippen molar-refractivity contribution in [3.63, 3.8) is 0 Å². The fraction of sp³-hybridized carbons (Fsp3) is 0.0833. The van der Waals surface area contributed by atoms with E-state index in [9.17, 15) is 9.59 Å². The van der Waals surface area contributed by atoms with Gasteiger partial charge in [-0.1, -0.05) is 0 Å². The molecule has 0 unspecified atom stereocenters. The second-order valence-electron chi connectivity index (χ2n) is 3.54. The van der Waals surface area contributed by atoms with Crippen molar-refractivity contribution in [3.05, 3.63) is 52.0 Å². The molecule has 6 heteroatoms. The van der Waals surface area contributed by atoms with Crippen LogP contribution in [0.3, 0.4) is 0 Å². The molecule has 0 radical (unpaired) electrons. The average Bonchev–Trinajstić information content (AvgIpc) is 2.90. The third-order valence-electron chi connectivity index (χ3n) is 2.28. The number of amides is 1. The van der Waals surface area contributed by atoms with Crippen LogP contribution in [0, 0.1) is 0 Å². The highest BCUT2D eigenvalue weighted by atomic mass is 32.1. The van der Waals surface area contributed by atoms with Gasteiger partial charge in [0, 0.05) is 17.1 Å². The van der Waals surface area contributed by atoms with Gasteiger partial charge in [0.1, 0.15) is 0 Å². The molecule has 18 heavy (non-hydrogen) atoms. The number of carboxylic acids is 1. The van der Waals surface area contributed by atoms with Gasteiger partial charge in [0.25, 0.3) is 5.91 Å². The van der Waals surface area contributed by atoms with E-state index in [0.29, 0.717) is 11.3 Å². The molecule has 0 bridgehead atoms. The van der Waals surface area contributed by atoms with Gasteiger partial charge in [-0.3, -0.25) is 9.78 Å². The maximum Gasteiger partial charge on any atom is 0.335 e. The normalized spacial score (nSPS) is 10.0. The molecule has 1 amide bonds. The summed E-state index contributed by atoms with van der Waals surface area (Å²) in [5.74, 6) is -1.21. The van der Waals surface area contributed by atoms with E-state index in [1.165, 1.54) is 29.7 Å². The van der Waals surface area contributed by atoms with Crippen LogP contribution >= 0.6 is 11.3 Å². The number of aromatic carboxylic acids is 1. The van der Waals surface area contributed by atoms with Gasteiger partial charge in [0.05, 0.1) is 17.8 Å². The molecule has 0 spiro atoms. The van der Waals surface area contributed by atoms with Gasteiger partial charge in [-0.2, -0.15) is 11.3 Å². The third kappa shape index (κ3) is 2.92. The molecule has 0 aliphatic rings. The number of carboxylic acid groups (broad SMARTS) is 1. The molecule has 2 heterocycles. The zero-order valence-electron chi connectivity index (χ0n) is 9.29. The number of hydrogen-bond donors (Lipinski definition) is 2. The predicted molar refractivity (Wildman–Crippen MR) is 66.7 cm³/mol. The molecule has 0 fully saturated rings. The molecule has 0 saturated carbocycles. The third-order valence-corrected chi connectivity index (χ3v) is 2.96. The van der Waals surface area contributed by atoms with Gasteiger partial charge in [0.2, 0.25) is 0 Å². The van der Waals surface area contributed by atoms with Gasteiger partial charge in [-0.15, -0.1) is 0 Å². The van der Waals surface area contributed by atoms with Crippen molar-refractivity contribution in [1.82, 2.24) is 10.3 Å². The summed E-state index contributed by atoms with van der Waals surface area (Å²) in [6, 6.07) is 4.57. The molecule has 0 aliphatic carbocycles. The summed E-state index contributed by atoms with van der Waals surface area (Å²) < 4.78 is 0. The maximum absolute atomic E-state index is 11.6. The number of nitrogens with zero attached hydrogens (tertiary/aromatic N) is 1. The lowest BCUT2D eigenvalue weighted by Crippen LogP contribution is -2.22. The van der Waals surface area contributed by atoms with Gasteiger partial charge < -0.3 is 10.4 Å². The Bertz CT molecular complexity index is 566. The minimum atomic E-state index is -1.01. The molecule has 5 nitrogen and oxygen atoms in total. The van der Waals surface area contributed by atoms with Gasteiger partial charge in [-0.05, 0) is 23.6 Å². The smallest absolute Gasteiger partial charge is 0.335 e. The second kappa shape index (κ2) is 5.42. The van der Waals surface area contributed by atoms with E-state index in [4.69, 9.17) is 5.11 Å². The molecule has 0 atom stereocenters. The number of thiophene rings is 1. The second-order valence-corrected chi connectivity index (χ2v) is 4.32. The quantitative estimate of drug-likeness (QED) is 0.880. The number of carbonyl (C=O) groups is 2. The summed E-state index contributed by atoms with van der Waals surface area (Å²) in [4.78, 5) is 26.4. The number of nitrogens with one attached hydrogen (secondary N) is 1. The fourth-order valence-corrected chi connectivity index (χ4v) is 2.01. The zero-order valence-corrected chi connectivity index (χ0v) is 10.1. The lowest BCUT2D eigenvalue weighted by atomic mass is 10.2. The Kier molecular flexibility index (Phi) is 3.69. The average molecular weight is 262 g/mol. The summed E-state index contributed by atoms with van der Waals surface area (Å²) in [5, 5.41) is 15.1. The minimum absolute atomic E-state index is 0.157. The topological polar surface area (TPSA) is 79.3 Å². The Morgan fingerprint density at radius 3 is 2.83 bits per heavy atom. The number of aromatic nitrogens is 1. The standard InChI is InChI=1S/C12H10N2O3S/c15-11(9-2-4-18-7-9)14-6-10-5-8(12(16)17)1-3-13-10/h1-5,7H,6H2,(H,14,15)(H,16,17). The van der Waals surface area contributed by atoms with E-state index in [1.54, 1.807) is 11.4 Å². The van der Waals surface area contributed by atoms with Crippen LogP contribution in [-0.4, -0.2) is 22.0 Å². The Morgan fingerprint density at radius 1 is 1.33 bits per heavy atom. The van der Waals surface area contributed by atoms with Crippen LogP contribution in [0.15, 0.2) is 35.2 Å². The molecule has 92 valence electrons. The van der Waals surface area contributed by atoms with Crippen molar-refractivity contribution in [2.75, 3.05) is 0 Å². The van der Waals surface area contributed by atoms with Crippen LogP contribution in [-0.2, 0) is 6.54 Å². The molecular weight excluding hydrogens is 252 g/mol. The van der Waals surface area contributed by atoms with E-state index >= 15 is 0 Å². The number of pyridine rings is 1. The number of hydrogen-bond acceptors (Lipinski definition) is 4. The van der Waals surface area contributed by atoms with Crippen LogP contribution in [0.5, 0.6) is 0 Å². The zero-order chi connectivity index (χ0) is 13.0. The van der Waals surface area contributed by atoms with Crippen molar-refractivity contribution in [3.8, 4) is 0 Å². The van der Waals surface area contributed by atoms with Crippen molar-refractivity contribution in [2.45, 2.75) is 6.54 Å². The maximum atomic E-state index is 11.6. The number of carbonyl (C=O) groups excluding carboxylic acids is 1. The molecule has 0 aromatic carbocycles. The van der Waals surface area contributed by atoms with E-state index < -0.39 is 5.97 Å². The first-order chi connectivity index (χ1) is 8.66. The highest BCUT2D eigenvalue weighted by Gasteiger charge is 2.07. The first-order valence-corrected chi connectivity index (χ1v) is 6.10. The molecule has 2 N–H and O–H groups in total. The highest BCUT2D eigenvalue weighted by molar-refractivity contribution is 7.08. The Morgan fingerprint density at radius 2 is 2.17 bits per heavy atom. The van der Waals surface area contributed by atoms with Crippen molar-refractivity contribution in [1.29, 1.82) is 0 Å². The molecule has 2 aromatic heterocycles. The molecule has 0 aliphatic heterocycles. The fourth-order valence-electron chi connectivity index (χ4n) is 1.37. The summed E-state index contributed by atoms with van der Waals surface area (Å²) in [6.07, 6.45) is 1.41. The van der Waals surface area contributed by atoms with Crippen LogP contribution in [0.4, 0.5) is 0 Å². The molecular formula is C12H10N2O3S. The van der Waals surface area contributed by atoms with Gasteiger partial charge >= 0.3 is 5.97 Å². The van der Waals surface area contributed by atoms with Crippen LogP contribution < -0.4 is 5.32 Å². The SMILES string of the molecule is O=C(O)c1ccnc(CNC(=O)c2ccsc2)c1. The summed E-state index contributed by atoms with van der Waals surface area (Å²) in [7, 11) is 0. The summed E-state index contributed by atoms with van der Waals surface area (Å²) >= 11 is 1.44. The van der Waals surface area contributed by atoms with Crippen LogP contribution in [0.25, 0.3) is 0 Å². The lowest BCUT2D eigenvalue weighted by Gasteiger charge is -2.04. The molecule has 0 saturated heterocycles. The Hall–Kier alpha value is -2.21. The van der Waals surface area contributed by atoms with Crippen LogP contribution in [0.1, 0.15) is 26.4 Å². The highest BCUT2D eigenvalue weighted by Crippen LogP contribution is 2.06. The van der Waals surface area contributed by atoms with Crippen molar-refractivity contribution in [2.24, 2.45) is 0 Å². The summed E-state index contributed by atoms with van der Waals surface area (Å²) in [5.41, 5.74) is 1.26. The largest absolute Gasteiger partial charge is 0.478 e. The molecule has 2 aromatic rings. The minimum Gasteiger partial charge on any atom is -0.478 e. The van der Waals surface area contributed by atoms with Crippen LogP contribution in [0.2, 0.25) is 0 Å². The van der Waals surface area contributed by atoms with E-state index in [2.05, 4.69) is 10.3 Å². The first kappa shape index (κ1) is 12.3. The van der Waals surface area contributed by atoms with E-state index in [1.807, 2.05) is 5.38 Å². The Balaban J connectivity index is 2.00. The summed E-state index contributed by atoms with van der Waals surface area (Å²) in [6.45, 7) is 0.204. The van der Waals surface area contributed by atoms with E-state index in [-0.39, 0.29) is 18.0 Å². The van der Waals surface area contributed by atoms with Gasteiger partial charge in [0.15, 0.2) is 0 Å². The van der Waals surface area contributed by atoms with Crippen molar-refractivity contribution >= 4 is 23.2 Å². The molecule has 2 rings (SSSR count). The lowest BCUT2D eigenvalue weighted by molar-refractivity contribution is 0.0696. The van der Waals surface area contributed by atoms with E-state index in [0.717, 1.165) is 0 Å². The van der Waals surface area contributed by atoms with Crippen molar-refractivity contribution < 1.29 is 14.7 Å². The van der Waals surface area contributed by atoms with Gasteiger partial charge in [-0.25, -0.2) is 4.79 Å². The Labute approximate surface area is 107 Å². The number of rotatable bonds is 4. The first-order valence-electron chi connectivity index (χ1n) is 5.15. The predicted octanol–water partition coefficient (Wildman–Crippen LogP) is 1.77. The monoisotopic (exact) mass is 262 g/mol.